The van der Waals surface area contributed by atoms with Crippen molar-refractivity contribution in [2.24, 2.45) is 0 Å². The van der Waals surface area contributed by atoms with Gasteiger partial charge in [-0.1, -0.05) is 17.3 Å². The largest absolute Gasteiger partial charge is 0.481 e. The Morgan fingerprint density at radius 1 is 1.18 bits per heavy atom. The van der Waals surface area contributed by atoms with Gasteiger partial charge in [0.2, 0.25) is 5.95 Å². The van der Waals surface area contributed by atoms with E-state index in [1.54, 1.807) is 18.3 Å². The van der Waals surface area contributed by atoms with Gasteiger partial charge in [0.15, 0.2) is 5.82 Å². The number of nitrogens with one attached hydrogen (secondary N) is 4. The molecule has 0 bridgehead atoms. The number of aromatic nitrogens is 7. The van der Waals surface area contributed by atoms with Gasteiger partial charge >= 0.3 is 5.97 Å². The van der Waals surface area contributed by atoms with Crippen molar-refractivity contribution in [2.45, 2.75) is 31.7 Å². The smallest absolute Gasteiger partial charge is 0.303 e. The average molecular weight is 451 g/mol. The van der Waals surface area contributed by atoms with E-state index < -0.39 is 12.0 Å². The van der Waals surface area contributed by atoms with Crippen LogP contribution >= 0.6 is 0 Å². The highest BCUT2D eigenvalue weighted by Gasteiger charge is 2.21. The van der Waals surface area contributed by atoms with Crippen molar-refractivity contribution in [3.8, 4) is 0 Å². The number of aromatic amines is 3. The van der Waals surface area contributed by atoms with Crippen LogP contribution in [0.15, 0.2) is 35.3 Å². The summed E-state index contributed by atoms with van der Waals surface area (Å²) < 4.78 is 0. The number of nitrogen functional groups attached to an aromatic ring is 1. The summed E-state index contributed by atoms with van der Waals surface area (Å²) in [4.78, 5) is 45.3. The maximum atomic E-state index is 12.7. The standard InChI is InChI=1S/C20H21N9O4/c21-20-24-17-15(19(33)25-20)12(9-22-17)6-3-10-1-4-11(5-2-10)18(32)23-13(7-8-14(30)31)16-26-28-29-27-16/h1-2,4-5,9,13H,3,6-8H2,(H,23,32)(H,30,31)(H,26,27,28,29)(H4,21,22,24,25,33)/t13-/m0/s1. The first-order chi connectivity index (χ1) is 15.9. The molecule has 0 aliphatic rings. The van der Waals surface area contributed by atoms with Crippen LogP contribution in [0.3, 0.4) is 0 Å². The molecule has 0 saturated heterocycles. The number of carbonyl (C=O) groups is 2. The van der Waals surface area contributed by atoms with Crippen LogP contribution in [-0.2, 0) is 17.6 Å². The number of fused-ring (bicyclic) bond motifs is 1. The Kier molecular flexibility index (Phi) is 6.11. The van der Waals surface area contributed by atoms with Gasteiger partial charge in [-0.15, -0.1) is 10.2 Å². The van der Waals surface area contributed by atoms with Crippen molar-refractivity contribution < 1.29 is 14.7 Å². The summed E-state index contributed by atoms with van der Waals surface area (Å²) >= 11 is 0. The molecule has 13 nitrogen and oxygen atoms in total. The number of carboxylic acid groups (broad SMARTS) is 1. The number of carboxylic acids is 1. The zero-order chi connectivity index (χ0) is 23.4. The van der Waals surface area contributed by atoms with Crippen LogP contribution in [0.4, 0.5) is 5.95 Å². The predicted molar refractivity (Wildman–Crippen MR) is 116 cm³/mol. The summed E-state index contributed by atoms with van der Waals surface area (Å²) in [6, 6.07) is 6.32. The number of anilines is 1. The number of benzene rings is 1. The van der Waals surface area contributed by atoms with E-state index in [4.69, 9.17) is 10.8 Å². The monoisotopic (exact) mass is 451 g/mol. The molecule has 0 aliphatic heterocycles. The normalized spacial score (nSPS) is 12.0. The molecule has 7 N–H and O–H groups in total. The third-order valence-corrected chi connectivity index (χ3v) is 5.17. The molecule has 33 heavy (non-hydrogen) atoms. The fourth-order valence-electron chi connectivity index (χ4n) is 3.51. The van der Waals surface area contributed by atoms with E-state index in [0.29, 0.717) is 29.4 Å². The minimum atomic E-state index is -0.987. The third-order valence-electron chi connectivity index (χ3n) is 5.17. The highest BCUT2D eigenvalue weighted by Crippen LogP contribution is 2.17. The lowest BCUT2D eigenvalue weighted by molar-refractivity contribution is -0.137. The SMILES string of the molecule is Nc1nc2[nH]cc(CCc3ccc(C(=O)N[C@@H](CCC(=O)O)c4nn[nH]n4)cc3)c2c(=O)[nH]1. The molecule has 0 aliphatic carbocycles. The highest BCUT2D eigenvalue weighted by molar-refractivity contribution is 5.94. The van der Waals surface area contributed by atoms with Crippen LogP contribution in [0.2, 0.25) is 0 Å². The number of rotatable bonds is 9. The average Bonchev–Trinajstić information content (AvgIpc) is 3.45. The number of aliphatic carboxylic acids is 1. The lowest BCUT2D eigenvalue weighted by Gasteiger charge is -2.14. The maximum absolute atomic E-state index is 12.7. The minimum absolute atomic E-state index is 0.0549. The number of nitrogens with zero attached hydrogens (tertiary/aromatic N) is 4. The van der Waals surface area contributed by atoms with E-state index >= 15 is 0 Å². The molecule has 0 saturated carbocycles. The molecule has 4 rings (SSSR count). The Hall–Kier alpha value is -4.55. The first-order valence-corrected chi connectivity index (χ1v) is 10.1. The van der Waals surface area contributed by atoms with Crippen molar-refractivity contribution in [3.63, 3.8) is 0 Å². The van der Waals surface area contributed by atoms with Crippen LogP contribution in [0.25, 0.3) is 11.0 Å². The summed E-state index contributed by atoms with van der Waals surface area (Å²) in [5, 5.41) is 25.6. The van der Waals surface area contributed by atoms with Gasteiger partial charge in [0, 0.05) is 18.2 Å². The van der Waals surface area contributed by atoms with Gasteiger partial charge in [-0.2, -0.15) is 10.2 Å². The quantitative estimate of drug-likeness (QED) is 0.208. The fourth-order valence-corrected chi connectivity index (χ4v) is 3.51. The van der Waals surface area contributed by atoms with Gasteiger partial charge in [0.05, 0.1) is 11.4 Å². The lowest BCUT2D eigenvalue weighted by atomic mass is 10.0. The molecule has 1 amide bonds. The molecule has 1 atom stereocenters. The third kappa shape index (κ3) is 5.03. The molecular formula is C20H21N9O4. The second-order valence-electron chi connectivity index (χ2n) is 7.41. The first-order valence-electron chi connectivity index (χ1n) is 10.1. The number of H-pyrrole nitrogens is 3. The lowest BCUT2D eigenvalue weighted by Crippen LogP contribution is -2.30. The van der Waals surface area contributed by atoms with E-state index in [1.807, 2.05) is 12.1 Å². The molecular weight excluding hydrogens is 430 g/mol. The van der Waals surface area contributed by atoms with E-state index in [1.165, 1.54) is 0 Å². The van der Waals surface area contributed by atoms with Gasteiger partial charge < -0.3 is 21.1 Å². The van der Waals surface area contributed by atoms with E-state index in [-0.39, 0.29) is 36.1 Å². The molecule has 3 aromatic heterocycles. The number of amides is 1. The van der Waals surface area contributed by atoms with Crippen molar-refractivity contribution in [3.05, 3.63) is 63.3 Å². The molecule has 3 heterocycles. The van der Waals surface area contributed by atoms with Gasteiger partial charge in [-0.25, -0.2) is 0 Å². The number of carbonyl (C=O) groups excluding carboxylic acids is 1. The van der Waals surface area contributed by atoms with Crippen molar-refractivity contribution in [2.75, 3.05) is 5.73 Å². The Bertz CT molecular complexity index is 1330. The summed E-state index contributed by atoms with van der Waals surface area (Å²) in [6.07, 6.45) is 2.95. The molecule has 0 unspecified atom stereocenters. The van der Waals surface area contributed by atoms with Crippen LogP contribution < -0.4 is 16.6 Å². The summed E-state index contributed by atoms with van der Waals surface area (Å²) in [7, 11) is 0. The van der Waals surface area contributed by atoms with Crippen LogP contribution in [0.1, 0.15) is 46.2 Å². The topological polar surface area (TPSA) is 208 Å². The Balaban J connectivity index is 1.41. The number of hydrogen-bond acceptors (Lipinski definition) is 8. The number of tetrazole rings is 1. The van der Waals surface area contributed by atoms with Gasteiger partial charge in [0.25, 0.3) is 11.5 Å². The number of hydrogen-bond donors (Lipinski definition) is 6. The van der Waals surface area contributed by atoms with Crippen molar-refractivity contribution >= 4 is 28.9 Å². The maximum Gasteiger partial charge on any atom is 0.303 e. The molecule has 4 aromatic rings. The van der Waals surface area contributed by atoms with Crippen LogP contribution in [0, 0.1) is 0 Å². The molecule has 0 fully saturated rings. The minimum Gasteiger partial charge on any atom is -0.481 e. The summed E-state index contributed by atoms with van der Waals surface area (Å²) in [6.45, 7) is 0. The van der Waals surface area contributed by atoms with Crippen LogP contribution in [-0.4, -0.2) is 52.6 Å². The Morgan fingerprint density at radius 2 is 1.97 bits per heavy atom. The van der Waals surface area contributed by atoms with Crippen LogP contribution in [0.5, 0.6) is 0 Å². The summed E-state index contributed by atoms with van der Waals surface area (Å²) in [5.74, 6) is -1.10. The summed E-state index contributed by atoms with van der Waals surface area (Å²) in [5.41, 5.74) is 7.92. The second kappa shape index (κ2) is 9.30. The Labute approximate surface area is 185 Å². The molecule has 13 heteroatoms. The zero-order valence-electron chi connectivity index (χ0n) is 17.3. The van der Waals surface area contributed by atoms with Gasteiger partial charge in [-0.3, -0.25) is 19.4 Å². The highest BCUT2D eigenvalue weighted by atomic mass is 16.4. The number of aryl methyl sites for hydroxylation is 2. The van der Waals surface area contributed by atoms with Crippen molar-refractivity contribution in [1.82, 2.24) is 40.9 Å². The van der Waals surface area contributed by atoms with Gasteiger partial charge in [-0.05, 0) is 42.5 Å². The molecule has 0 spiro atoms. The number of nitrogens with two attached hydrogens (primary N) is 1. The van der Waals surface area contributed by atoms with E-state index in [9.17, 15) is 14.4 Å². The van der Waals surface area contributed by atoms with Gasteiger partial charge in [0.1, 0.15) is 5.65 Å². The molecule has 1 aromatic carbocycles. The molecule has 0 radical (unpaired) electrons. The fraction of sp³-hybridized carbons (Fsp3) is 0.250. The van der Waals surface area contributed by atoms with Crippen molar-refractivity contribution in [1.29, 1.82) is 0 Å². The predicted octanol–water partition coefficient (Wildman–Crippen LogP) is 0.468. The molecule has 170 valence electrons. The second-order valence-corrected chi connectivity index (χ2v) is 7.41. The zero-order valence-corrected chi connectivity index (χ0v) is 17.3. The Morgan fingerprint density at radius 3 is 2.67 bits per heavy atom. The van der Waals surface area contributed by atoms with E-state index in [0.717, 1.165) is 11.1 Å². The first kappa shape index (κ1) is 21.7. The van der Waals surface area contributed by atoms with E-state index in [2.05, 4.69) is 40.9 Å².